The van der Waals surface area contributed by atoms with Gasteiger partial charge in [-0.3, -0.25) is 14.5 Å². The third-order valence-electron chi connectivity index (χ3n) is 4.07. The SMILES string of the molecule is CCOC(=O)c1c(NC(=O)CN(C)CCOc2ccc(Cl)cc2)sc(C(N)=O)c1C. The number of amides is 2. The zero-order valence-corrected chi connectivity index (χ0v) is 18.6. The van der Waals surface area contributed by atoms with Crippen molar-refractivity contribution < 1.29 is 23.9 Å². The molecule has 0 radical (unpaired) electrons. The molecule has 0 aliphatic rings. The third kappa shape index (κ3) is 6.45. The number of hydrogen-bond donors (Lipinski definition) is 2. The Hall–Kier alpha value is -2.62. The maximum Gasteiger partial charge on any atom is 0.341 e. The zero-order valence-electron chi connectivity index (χ0n) is 17.0. The standard InChI is InChI=1S/C20H24ClN3O5S/c1-4-28-20(27)16-12(2)17(18(22)26)30-19(16)23-15(25)11-24(3)9-10-29-14-7-5-13(21)6-8-14/h5-8H,4,9-11H2,1-3H3,(H2,22,26)(H,23,25). The number of primary amides is 1. The van der Waals surface area contributed by atoms with Crippen molar-refractivity contribution in [3.8, 4) is 5.75 Å². The average Bonchev–Trinajstić information content (AvgIpc) is 2.99. The number of ether oxygens (including phenoxy) is 2. The lowest BCUT2D eigenvalue weighted by molar-refractivity contribution is -0.117. The van der Waals surface area contributed by atoms with Gasteiger partial charge in [0.2, 0.25) is 5.91 Å². The fraction of sp³-hybridized carbons (Fsp3) is 0.350. The normalized spacial score (nSPS) is 10.7. The van der Waals surface area contributed by atoms with Crippen LogP contribution in [0.5, 0.6) is 5.75 Å². The Labute approximate surface area is 183 Å². The molecule has 0 atom stereocenters. The molecule has 2 rings (SSSR count). The van der Waals surface area contributed by atoms with Crippen LogP contribution < -0.4 is 15.8 Å². The van der Waals surface area contributed by atoms with Crippen molar-refractivity contribution in [3.63, 3.8) is 0 Å². The molecule has 0 saturated carbocycles. The molecular formula is C20H24ClN3O5S. The van der Waals surface area contributed by atoms with Crippen molar-refractivity contribution in [2.75, 3.05) is 38.7 Å². The van der Waals surface area contributed by atoms with Crippen molar-refractivity contribution in [1.82, 2.24) is 4.90 Å². The molecule has 8 nitrogen and oxygen atoms in total. The van der Waals surface area contributed by atoms with Gasteiger partial charge in [0.25, 0.3) is 5.91 Å². The summed E-state index contributed by atoms with van der Waals surface area (Å²) >= 11 is 6.79. The summed E-state index contributed by atoms with van der Waals surface area (Å²) in [5, 5.41) is 3.56. The number of nitrogens with zero attached hydrogens (tertiary/aromatic N) is 1. The maximum atomic E-state index is 12.4. The zero-order chi connectivity index (χ0) is 22.3. The maximum absolute atomic E-state index is 12.4. The Bertz CT molecular complexity index is 914. The number of carbonyl (C=O) groups is 3. The van der Waals surface area contributed by atoms with Gasteiger partial charge in [0.05, 0.1) is 23.6 Å². The summed E-state index contributed by atoms with van der Waals surface area (Å²) in [5.41, 5.74) is 5.92. The van der Waals surface area contributed by atoms with Gasteiger partial charge >= 0.3 is 5.97 Å². The van der Waals surface area contributed by atoms with Crippen LogP contribution in [-0.4, -0.2) is 56.0 Å². The monoisotopic (exact) mass is 453 g/mol. The number of thiophene rings is 1. The first kappa shape index (κ1) is 23.7. The van der Waals surface area contributed by atoms with E-state index in [1.165, 1.54) is 0 Å². The Morgan fingerprint density at radius 2 is 1.90 bits per heavy atom. The van der Waals surface area contributed by atoms with Crippen molar-refractivity contribution in [3.05, 3.63) is 45.3 Å². The van der Waals surface area contributed by atoms with Gasteiger partial charge in [0.15, 0.2) is 0 Å². The van der Waals surface area contributed by atoms with Crippen LogP contribution in [0.3, 0.4) is 0 Å². The highest BCUT2D eigenvalue weighted by atomic mass is 35.5. The Morgan fingerprint density at radius 1 is 1.23 bits per heavy atom. The summed E-state index contributed by atoms with van der Waals surface area (Å²) in [6.45, 7) is 4.38. The van der Waals surface area contributed by atoms with Crippen LogP contribution in [0.2, 0.25) is 5.02 Å². The highest BCUT2D eigenvalue weighted by Crippen LogP contribution is 2.33. The molecule has 30 heavy (non-hydrogen) atoms. The highest BCUT2D eigenvalue weighted by molar-refractivity contribution is 7.18. The molecule has 2 aromatic rings. The van der Waals surface area contributed by atoms with Crippen LogP contribution in [0.25, 0.3) is 0 Å². The largest absolute Gasteiger partial charge is 0.492 e. The summed E-state index contributed by atoms with van der Waals surface area (Å²) in [6, 6.07) is 7.00. The molecule has 0 unspecified atom stereocenters. The third-order valence-corrected chi connectivity index (χ3v) is 5.55. The van der Waals surface area contributed by atoms with E-state index in [0.29, 0.717) is 29.5 Å². The number of benzene rings is 1. The van der Waals surface area contributed by atoms with E-state index in [1.807, 2.05) is 0 Å². The van der Waals surface area contributed by atoms with Crippen molar-refractivity contribution >= 4 is 45.7 Å². The molecule has 1 heterocycles. The lowest BCUT2D eigenvalue weighted by atomic mass is 10.1. The second-order valence-corrected chi connectivity index (χ2v) is 7.89. The van der Waals surface area contributed by atoms with E-state index < -0.39 is 11.9 Å². The summed E-state index contributed by atoms with van der Waals surface area (Å²) in [4.78, 5) is 38.3. The molecule has 1 aromatic heterocycles. The predicted molar refractivity (Wildman–Crippen MR) is 117 cm³/mol. The second kappa shape index (κ2) is 11.0. The van der Waals surface area contributed by atoms with Crippen molar-refractivity contribution in [2.45, 2.75) is 13.8 Å². The molecule has 0 bridgehead atoms. The lowest BCUT2D eigenvalue weighted by Gasteiger charge is -2.16. The van der Waals surface area contributed by atoms with Gasteiger partial charge in [-0.15, -0.1) is 11.3 Å². The van der Waals surface area contributed by atoms with Crippen LogP contribution in [0.4, 0.5) is 5.00 Å². The van der Waals surface area contributed by atoms with Crippen molar-refractivity contribution in [1.29, 1.82) is 0 Å². The molecule has 162 valence electrons. The van der Waals surface area contributed by atoms with Gasteiger partial charge < -0.3 is 20.5 Å². The summed E-state index contributed by atoms with van der Waals surface area (Å²) in [5.74, 6) is -0.935. The summed E-state index contributed by atoms with van der Waals surface area (Å²) in [6.07, 6.45) is 0. The number of halogens is 1. The van der Waals surface area contributed by atoms with E-state index in [1.54, 1.807) is 50.1 Å². The van der Waals surface area contributed by atoms with Crippen LogP contribution in [0.1, 0.15) is 32.5 Å². The van der Waals surface area contributed by atoms with Gasteiger partial charge in [-0.05, 0) is 50.7 Å². The average molecular weight is 454 g/mol. The minimum absolute atomic E-state index is 0.0646. The molecule has 3 N–H and O–H groups in total. The van der Waals surface area contributed by atoms with Crippen LogP contribution in [-0.2, 0) is 9.53 Å². The Kier molecular flexibility index (Phi) is 8.64. The fourth-order valence-electron chi connectivity index (χ4n) is 2.63. The van der Waals surface area contributed by atoms with Crippen molar-refractivity contribution in [2.24, 2.45) is 5.73 Å². The minimum Gasteiger partial charge on any atom is -0.492 e. The molecule has 0 aliphatic carbocycles. The van der Waals surface area contributed by atoms with E-state index in [9.17, 15) is 14.4 Å². The van der Waals surface area contributed by atoms with Gasteiger partial charge in [0.1, 0.15) is 17.4 Å². The molecule has 0 saturated heterocycles. The molecule has 2 amide bonds. The number of esters is 1. The van der Waals surface area contributed by atoms with Crippen LogP contribution in [0, 0.1) is 6.92 Å². The first-order valence-corrected chi connectivity index (χ1v) is 10.4. The number of carbonyl (C=O) groups excluding carboxylic acids is 3. The molecule has 0 fully saturated rings. The number of hydrogen-bond acceptors (Lipinski definition) is 7. The van der Waals surface area contributed by atoms with Crippen LogP contribution >= 0.6 is 22.9 Å². The van der Waals surface area contributed by atoms with Gasteiger partial charge in [0, 0.05) is 11.6 Å². The van der Waals surface area contributed by atoms with E-state index in [4.69, 9.17) is 26.8 Å². The Morgan fingerprint density at radius 3 is 2.50 bits per heavy atom. The van der Waals surface area contributed by atoms with Gasteiger partial charge in [-0.2, -0.15) is 0 Å². The second-order valence-electron chi connectivity index (χ2n) is 6.43. The molecule has 0 spiro atoms. The van der Waals surface area contributed by atoms with E-state index in [0.717, 1.165) is 11.3 Å². The van der Waals surface area contributed by atoms with E-state index in [-0.39, 0.29) is 34.5 Å². The highest BCUT2D eigenvalue weighted by Gasteiger charge is 2.25. The van der Waals surface area contributed by atoms with Gasteiger partial charge in [-0.1, -0.05) is 11.6 Å². The van der Waals surface area contributed by atoms with E-state index in [2.05, 4.69) is 5.32 Å². The minimum atomic E-state index is -0.667. The molecule has 10 heteroatoms. The molecular weight excluding hydrogens is 430 g/mol. The number of anilines is 1. The number of rotatable bonds is 10. The van der Waals surface area contributed by atoms with Gasteiger partial charge in [-0.25, -0.2) is 4.79 Å². The Balaban J connectivity index is 1.96. The first-order valence-electron chi connectivity index (χ1n) is 9.20. The summed E-state index contributed by atoms with van der Waals surface area (Å²) in [7, 11) is 1.77. The molecule has 1 aromatic carbocycles. The van der Waals surface area contributed by atoms with E-state index >= 15 is 0 Å². The lowest BCUT2D eigenvalue weighted by Crippen LogP contribution is -2.33. The van der Waals surface area contributed by atoms with Crippen LogP contribution in [0.15, 0.2) is 24.3 Å². The molecule has 0 aliphatic heterocycles. The first-order chi connectivity index (χ1) is 14.2. The summed E-state index contributed by atoms with van der Waals surface area (Å²) < 4.78 is 10.6. The number of nitrogens with two attached hydrogens (primary N) is 1. The number of likely N-dealkylation sites (N-methyl/N-ethyl adjacent to an activating group) is 1. The topological polar surface area (TPSA) is 111 Å². The fourth-order valence-corrected chi connectivity index (χ4v) is 3.82. The quantitative estimate of drug-likeness (QED) is 0.535. The smallest absolute Gasteiger partial charge is 0.341 e. The predicted octanol–water partition coefficient (Wildman–Crippen LogP) is 2.93. The number of nitrogens with one attached hydrogen (secondary N) is 1.